The smallest absolute Gasteiger partial charge is 0.409 e. The number of rotatable bonds is 8. The van der Waals surface area contributed by atoms with Gasteiger partial charge in [-0.15, -0.1) is 0 Å². The first kappa shape index (κ1) is 13.2. The fourth-order valence-corrected chi connectivity index (χ4v) is 0.625. The maximum Gasteiger partial charge on any atom is 0.409 e. The number of methoxy groups -OCH3 is 1. The van der Waals surface area contributed by atoms with Gasteiger partial charge in [0.15, 0.2) is 0 Å². The summed E-state index contributed by atoms with van der Waals surface area (Å²) in [4.78, 5) is 10.9. The highest BCUT2D eigenvalue weighted by atomic mass is 16.6. The maximum absolute atomic E-state index is 10.9. The van der Waals surface area contributed by atoms with Gasteiger partial charge in [-0.3, -0.25) is 5.32 Å². The first-order valence-corrected chi connectivity index (χ1v) is 4.43. The third-order valence-electron chi connectivity index (χ3n) is 1.34. The Hall–Kier alpha value is -0.850. The zero-order valence-corrected chi connectivity index (χ0v) is 8.67. The van der Waals surface area contributed by atoms with Crippen molar-refractivity contribution < 1.29 is 19.0 Å². The molecule has 0 rings (SSSR count). The van der Waals surface area contributed by atoms with E-state index in [1.54, 1.807) is 7.11 Å². The summed E-state index contributed by atoms with van der Waals surface area (Å²) in [5, 5.41) is 5.35. The van der Waals surface area contributed by atoms with Crippen LogP contribution in [0, 0.1) is 0 Å². The molecule has 6 heteroatoms. The van der Waals surface area contributed by atoms with Gasteiger partial charge in [0.25, 0.3) is 0 Å². The van der Waals surface area contributed by atoms with E-state index in [0.717, 1.165) is 6.54 Å². The summed E-state index contributed by atoms with van der Waals surface area (Å²) in [5.74, 6) is 0. The standard InChI is InChI=1S/C8H18N2O4/c1-9-3-4-13-7-10-8(11)14-6-5-12-2/h9H,3-7H2,1-2H3,(H,10,11). The van der Waals surface area contributed by atoms with Gasteiger partial charge in [-0.1, -0.05) is 0 Å². The maximum atomic E-state index is 10.9. The lowest BCUT2D eigenvalue weighted by Gasteiger charge is -2.06. The van der Waals surface area contributed by atoms with Crippen LogP contribution in [0.4, 0.5) is 4.79 Å². The third-order valence-corrected chi connectivity index (χ3v) is 1.34. The second-order valence-electron chi connectivity index (χ2n) is 2.46. The van der Waals surface area contributed by atoms with Crippen LogP contribution in [0.3, 0.4) is 0 Å². The molecule has 0 saturated heterocycles. The molecule has 0 fully saturated rings. The van der Waals surface area contributed by atoms with E-state index in [4.69, 9.17) is 14.2 Å². The lowest BCUT2D eigenvalue weighted by molar-refractivity contribution is 0.0782. The number of amides is 1. The molecule has 2 N–H and O–H groups in total. The largest absolute Gasteiger partial charge is 0.447 e. The summed E-state index contributed by atoms with van der Waals surface area (Å²) in [6.45, 7) is 2.11. The van der Waals surface area contributed by atoms with Crippen molar-refractivity contribution in [3.05, 3.63) is 0 Å². The van der Waals surface area contributed by atoms with Crippen LogP contribution in [0.2, 0.25) is 0 Å². The highest BCUT2D eigenvalue weighted by Gasteiger charge is 1.99. The topological polar surface area (TPSA) is 68.8 Å². The zero-order chi connectivity index (χ0) is 10.6. The summed E-state index contributed by atoms with van der Waals surface area (Å²) in [6, 6.07) is 0. The molecule has 6 nitrogen and oxygen atoms in total. The van der Waals surface area contributed by atoms with Crippen molar-refractivity contribution in [2.45, 2.75) is 0 Å². The van der Waals surface area contributed by atoms with Crippen molar-refractivity contribution >= 4 is 6.09 Å². The highest BCUT2D eigenvalue weighted by Crippen LogP contribution is 1.78. The Kier molecular flexibility index (Phi) is 9.61. The van der Waals surface area contributed by atoms with Crippen molar-refractivity contribution in [3.63, 3.8) is 0 Å². The Morgan fingerprint density at radius 2 is 2.07 bits per heavy atom. The lowest BCUT2D eigenvalue weighted by atomic mass is 10.7. The molecule has 0 aliphatic carbocycles. The fraction of sp³-hybridized carbons (Fsp3) is 0.875. The number of nitrogens with one attached hydrogen (secondary N) is 2. The van der Waals surface area contributed by atoms with Gasteiger partial charge in [-0.2, -0.15) is 0 Å². The molecule has 0 aliphatic heterocycles. The van der Waals surface area contributed by atoms with E-state index < -0.39 is 6.09 Å². The first-order valence-electron chi connectivity index (χ1n) is 4.43. The Balaban J connectivity index is 3.10. The van der Waals surface area contributed by atoms with Gasteiger partial charge in [0.1, 0.15) is 13.3 Å². The van der Waals surface area contributed by atoms with E-state index in [1.165, 1.54) is 0 Å². The van der Waals surface area contributed by atoms with Crippen LogP contribution in [0.1, 0.15) is 0 Å². The number of ether oxygens (including phenoxy) is 3. The second kappa shape index (κ2) is 10.2. The number of carbonyl (C=O) groups excluding carboxylic acids is 1. The predicted octanol–water partition coefficient (Wildman–Crippen LogP) is -0.447. The summed E-state index contributed by atoms with van der Waals surface area (Å²) < 4.78 is 14.5. The van der Waals surface area contributed by atoms with E-state index >= 15 is 0 Å². The van der Waals surface area contributed by atoms with Gasteiger partial charge >= 0.3 is 6.09 Å². The average Bonchev–Trinajstić information content (AvgIpc) is 2.18. The first-order chi connectivity index (χ1) is 6.81. The van der Waals surface area contributed by atoms with Crippen LogP contribution in [-0.2, 0) is 14.2 Å². The third kappa shape index (κ3) is 9.24. The molecule has 0 heterocycles. The summed E-state index contributed by atoms with van der Waals surface area (Å²) in [6.07, 6.45) is -0.494. The van der Waals surface area contributed by atoms with Gasteiger partial charge in [0, 0.05) is 13.7 Å². The van der Waals surface area contributed by atoms with Crippen molar-refractivity contribution in [1.82, 2.24) is 10.6 Å². The molecule has 0 radical (unpaired) electrons. The van der Waals surface area contributed by atoms with Crippen molar-refractivity contribution in [2.75, 3.05) is 47.3 Å². The van der Waals surface area contributed by atoms with E-state index in [2.05, 4.69) is 10.6 Å². The Labute approximate surface area is 83.9 Å². The highest BCUT2D eigenvalue weighted by molar-refractivity contribution is 5.66. The van der Waals surface area contributed by atoms with Crippen LogP contribution in [-0.4, -0.2) is 53.3 Å². The van der Waals surface area contributed by atoms with E-state index in [1.807, 2.05) is 7.05 Å². The molecule has 84 valence electrons. The van der Waals surface area contributed by atoms with Crippen LogP contribution in [0.5, 0.6) is 0 Å². The Morgan fingerprint density at radius 3 is 2.71 bits per heavy atom. The molecule has 14 heavy (non-hydrogen) atoms. The van der Waals surface area contributed by atoms with E-state index in [9.17, 15) is 4.79 Å². The molecule has 0 spiro atoms. The van der Waals surface area contributed by atoms with E-state index in [0.29, 0.717) is 13.2 Å². The van der Waals surface area contributed by atoms with Crippen LogP contribution in [0.15, 0.2) is 0 Å². The molecule has 0 aromatic heterocycles. The van der Waals surface area contributed by atoms with E-state index in [-0.39, 0.29) is 13.3 Å². The average molecular weight is 206 g/mol. The molecule has 0 aromatic rings. The SMILES string of the molecule is CNCCOCNC(=O)OCCOC. The normalized spacial score (nSPS) is 9.86. The minimum absolute atomic E-state index is 0.160. The monoisotopic (exact) mass is 206 g/mol. The Morgan fingerprint density at radius 1 is 1.29 bits per heavy atom. The van der Waals surface area contributed by atoms with Gasteiger partial charge < -0.3 is 19.5 Å². The molecule has 0 aliphatic rings. The number of hydrogen-bond donors (Lipinski definition) is 2. The molecule has 0 saturated carbocycles. The lowest BCUT2D eigenvalue weighted by Crippen LogP contribution is -2.29. The zero-order valence-electron chi connectivity index (χ0n) is 8.67. The molecule has 0 bridgehead atoms. The second-order valence-corrected chi connectivity index (χ2v) is 2.46. The van der Waals surface area contributed by atoms with Crippen LogP contribution in [0.25, 0.3) is 0 Å². The minimum atomic E-state index is -0.494. The van der Waals surface area contributed by atoms with Gasteiger partial charge in [0.05, 0.1) is 13.2 Å². The number of likely N-dealkylation sites (N-methyl/N-ethyl adjacent to an activating group) is 1. The quantitative estimate of drug-likeness (QED) is 0.416. The molecular formula is C8H18N2O4. The summed E-state index contributed by atoms with van der Waals surface area (Å²) in [7, 11) is 3.37. The molecule has 0 aromatic carbocycles. The number of hydrogen-bond acceptors (Lipinski definition) is 5. The molecular weight excluding hydrogens is 188 g/mol. The summed E-state index contributed by atoms with van der Waals surface area (Å²) >= 11 is 0. The van der Waals surface area contributed by atoms with Crippen LogP contribution < -0.4 is 10.6 Å². The van der Waals surface area contributed by atoms with Crippen molar-refractivity contribution in [1.29, 1.82) is 0 Å². The summed E-state index contributed by atoms with van der Waals surface area (Å²) in [5.41, 5.74) is 0. The number of carbonyl (C=O) groups is 1. The fourth-order valence-electron chi connectivity index (χ4n) is 0.625. The molecule has 0 atom stereocenters. The van der Waals surface area contributed by atoms with Gasteiger partial charge in [-0.25, -0.2) is 4.79 Å². The number of alkyl carbamates (subject to hydrolysis) is 1. The van der Waals surface area contributed by atoms with Crippen molar-refractivity contribution in [3.8, 4) is 0 Å². The van der Waals surface area contributed by atoms with Crippen molar-refractivity contribution in [2.24, 2.45) is 0 Å². The molecule has 0 unspecified atom stereocenters. The van der Waals surface area contributed by atoms with Gasteiger partial charge in [0.2, 0.25) is 0 Å². The predicted molar refractivity (Wildman–Crippen MR) is 51.1 cm³/mol. The molecule has 1 amide bonds. The minimum Gasteiger partial charge on any atom is -0.447 e. The van der Waals surface area contributed by atoms with Crippen LogP contribution >= 0.6 is 0 Å². The van der Waals surface area contributed by atoms with Gasteiger partial charge in [-0.05, 0) is 7.05 Å². The Bertz CT molecular complexity index is 143.